The lowest BCUT2D eigenvalue weighted by molar-refractivity contribution is 0.203. The van der Waals surface area contributed by atoms with Crippen LogP contribution in [0.5, 0.6) is 0 Å². The molecule has 5 nitrogen and oxygen atoms in total. The number of urea groups is 1. The number of hydrogen-bond acceptors (Lipinski definition) is 3. The van der Waals surface area contributed by atoms with Crippen molar-refractivity contribution >= 4 is 6.03 Å². The Hall–Kier alpha value is -2.47. The fourth-order valence-corrected chi connectivity index (χ4v) is 3.44. The average Bonchev–Trinajstić information content (AvgIpc) is 3.21. The molecule has 0 saturated carbocycles. The Bertz CT molecular complexity index is 717. The number of halogens is 1. The number of pyridine rings is 1. The van der Waals surface area contributed by atoms with E-state index in [0.717, 1.165) is 24.1 Å². The normalized spacial score (nSPS) is 15.5. The molecule has 2 amide bonds. The van der Waals surface area contributed by atoms with Gasteiger partial charge in [-0.05, 0) is 74.3 Å². The number of aromatic nitrogens is 1. The Morgan fingerprint density at radius 2 is 1.78 bits per heavy atom. The molecule has 0 spiro atoms. The fraction of sp³-hybridized carbons (Fsp3) is 0.429. The lowest BCUT2D eigenvalue weighted by Gasteiger charge is -2.25. The smallest absolute Gasteiger partial charge is 0.317 e. The predicted octanol–water partition coefficient (Wildman–Crippen LogP) is 3.44. The first-order chi connectivity index (χ1) is 13.1. The Morgan fingerprint density at radius 1 is 1.15 bits per heavy atom. The molecule has 1 N–H and O–H groups in total. The lowest BCUT2D eigenvalue weighted by atomic mass is 10.00. The van der Waals surface area contributed by atoms with Crippen LogP contribution >= 0.6 is 0 Å². The minimum Gasteiger partial charge on any atom is -0.328 e. The number of rotatable bonds is 7. The van der Waals surface area contributed by atoms with Gasteiger partial charge in [0.2, 0.25) is 0 Å². The number of nitrogens with one attached hydrogen (secondary N) is 1. The molecule has 27 heavy (non-hydrogen) atoms. The van der Waals surface area contributed by atoms with Gasteiger partial charge in [-0.3, -0.25) is 4.98 Å². The minimum atomic E-state index is -0.345. The second-order valence-electron chi connectivity index (χ2n) is 7.04. The van der Waals surface area contributed by atoms with Crippen molar-refractivity contribution in [1.82, 2.24) is 20.1 Å². The number of amides is 2. The molecule has 0 aliphatic carbocycles. The zero-order valence-electron chi connectivity index (χ0n) is 15.8. The van der Waals surface area contributed by atoms with Crippen molar-refractivity contribution in [2.24, 2.45) is 0 Å². The van der Waals surface area contributed by atoms with Gasteiger partial charge in [-0.25, -0.2) is 9.18 Å². The molecule has 0 unspecified atom stereocenters. The summed E-state index contributed by atoms with van der Waals surface area (Å²) in [5.41, 5.74) is 1.75. The Morgan fingerprint density at radius 3 is 2.44 bits per heavy atom. The maximum Gasteiger partial charge on any atom is 0.317 e. The molecule has 144 valence electrons. The van der Waals surface area contributed by atoms with Crippen molar-refractivity contribution in [3.8, 4) is 0 Å². The van der Waals surface area contributed by atoms with E-state index in [9.17, 15) is 9.18 Å². The third-order valence-corrected chi connectivity index (χ3v) is 5.02. The summed E-state index contributed by atoms with van der Waals surface area (Å²) in [4.78, 5) is 20.9. The Kier molecular flexibility index (Phi) is 6.76. The summed E-state index contributed by atoms with van der Waals surface area (Å²) in [6, 6.07) is 9.47. The summed E-state index contributed by atoms with van der Waals surface area (Å²) in [7, 11) is 1.81. The van der Waals surface area contributed by atoms with Crippen LogP contribution in [0.3, 0.4) is 0 Å². The molecule has 1 aromatic carbocycles. The molecule has 3 rings (SSSR count). The molecule has 6 heteroatoms. The minimum absolute atomic E-state index is 0.137. The van der Waals surface area contributed by atoms with Gasteiger partial charge >= 0.3 is 6.03 Å². The van der Waals surface area contributed by atoms with E-state index in [1.165, 1.54) is 38.1 Å². The second-order valence-corrected chi connectivity index (χ2v) is 7.04. The molecule has 2 aromatic rings. The standard InChI is InChI=1S/C21H27FN4O/c1-25(13-4-16-26-14-2-3-15-26)21(27)24-20(18-9-11-23-12-10-18)17-5-7-19(22)8-6-17/h5-12,20H,2-4,13-16H2,1H3,(H,24,27)/t20-/m1/s1. The SMILES string of the molecule is CN(CCCN1CCCC1)C(=O)N[C@@H](c1ccncc1)c1ccc(F)cc1. The van der Waals surface area contributed by atoms with Gasteiger partial charge in [-0.2, -0.15) is 0 Å². The van der Waals surface area contributed by atoms with E-state index in [1.54, 1.807) is 29.4 Å². The van der Waals surface area contributed by atoms with Crippen molar-refractivity contribution in [3.63, 3.8) is 0 Å². The van der Waals surface area contributed by atoms with E-state index < -0.39 is 0 Å². The maximum absolute atomic E-state index is 13.3. The molecular formula is C21H27FN4O. The van der Waals surface area contributed by atoms with Crippen LogP contribution in [-0.4, -0.2) is 54.0 Å². The molecular weight excluding hydrogens is 343 g/mol. The summed E-state index contributed by atoms with van der Waals surface area (Å²) >= 11 is 0. The quantitative estimate of drug-likeness (QED) is 0.812. The van der Waals surface area contributed by atoms with Gasteiger partial charge in [0, 0.05) is 26.0 Å². The van der Waals surface area contributed by atoms with Crippen LogP contribution in [0.15, 0.2) is 48.8 Å². The van der Waals surface area contributed by atoms with Gasteiger partial charge in [0.1, 0.15) is 5.82 Å². The molecule has 2 heterocycles. The van der Waals surface area contributed by atoms with Gasteiger partial charge in [0.05, 0.1) is 6.04 Å². The molecule has 1 aliphatic rings. The van der Waals surface area contributed by atoms with Gasteiger partial charge < -0.3 is 15.1 Å². The van der Waals surface area contributed by atoms with Gasteiger partial charge in [-0.15, -0.1) is 0 Å². The van der Waals surface area contributed by atoms with Crippen LogP contribution in [0.1, 0.15) is 36.4 Å². The van der Waals surface area contributed by atoms with Crippen LogP contribution in [0, 0.1) is 5.82 Å². The number of carbonyl (C=O) groups is 1. The summed E-state index contributed by atoms with van der Waals surface area (Å²) in [6.45, 7) is 4.08. The third kappa shape index (κ3) is 5.50. The maximum atomic E-state index is 13.3. The van der Waals surface area contributed by atoms with E-state index in [4.69, 9.17) is 0 Å². The van der Waals surface area contributed by atoms with E-state index in [-0.39, 0.29) is 17.9 Å². The largest absolute Gasteiger partial charge is 0.328 e. The van der Waals surface area contributed by atoms with Crippen molar-refractivity contribution < 1.29 is 9.18 Å². The highest BCUT2D eigenvalue weighted by Gasteiger charge is 2.19. The van der Waals surface area contributed by atoms with Crippen molar-refractivity contribution in [2.75, 3.05) is 33.2 Å². The first-order valence-electron chi connectivity index (χ1n) is 9.53. The van der Waals surface area contributed by atoms with Crippen LogP contribution in [0.25, 0.3) is 0 Å². The highest BCUT2D eigenvalue weighted by molar-refractivity contribution is 5.75. The van der Waals surface area contributed by atoms with E-state index in [2.05, 4.69) is 15.2 Å². The second kappa shape index (κ2) is 9.46. The molecule has 1 fully saturated rings. The third-order valence-electron chi connectivity index (χ3n) is 5.02. The average molecular weight is 370 g/mol. The number of likely N-dealkylation sites (tertiary alicyclic amines) is 1. The molecule has 0 bridgehead atoms. The molecule has 1 aliphatic heterocycles. The summed E-state index contributed by atoms with van der Waals surface area (Å²) in [6.07, 6.45) is 6.90. The first kappa shape index (κ1) is 19.3. The van der Waals surface area contributed by atoms with E-state index in [1.807, 2.05) is 19.2 Å². The van der Waals surface area contributed by atoms with Gasteiger partial charge in [-0.1, -0.05) is 12.1 Å². The number of hydrogen-bond donors (Lipinski definition) is 1. The van der Waals surface area contributed by atoms with Gasteiger partial charge in [0.25, 0.3) is 0 Å². The molecule has 1 atom stereocenters. The van der Waals surface area contributed by atoms with Crippen molar-refractivity contribution in [2.45, 2.75) is 25.3 Å². The van der Waals surface area contributed by atoms with Crippen molar-refractivity contribution in [1.29, 1.82) is 0 Å². The first-order valence-corrected chi connectivity index (χ1v) is 9.53. The van der Waals surface area contributed by atoms with E-state index in [0.29, 0.717) is 6.54 Å². The molecule has 1 saturated heterocycles. The molecule has 0 radical (unpaired) electrons. The zero-order chi connectivity index (χ0) is 19.1. The number of carbonyl (C=O) groups excluding carboxylic acids is 1. The van der Waals surface area contributed by atoms with Crippen LogP contribution in [0.4, 0.5) is 9.18 Å². The summed E-state index contributed by atoms with van der Waals surface area (Å²) in [5.74, 6) is -0.294. The van der Waals surface area contributed by atoms with E-state index >= 15 is 0 Å². The summed E-state index contributed by atoms with van der Waals surface area (Å²) < 4.78 is 13.3. The fourth-order valence-electron chi connectivity index (χ4n) is 3.44. The Balaban J connectivity index is 1.62. The summed E-state index contributed by atoms with van der Waals surface area (Å²) in [5, 5.41) is 3.07. The van der Waals surface area contributed by atoms with Crippen LogP contribution in [-0.2, 0) is 0 Å². The van der Waals surface area contributed by atoms with Crippen LogP contribution in [0.2, 0.25) is 0 Å². The topological polar surface area (TPSA) is 48.5 Å². The van der Waals surface area contributed by atoms with Crippen molar-refractivity contribution in [3.05, 3.63) is 65.7 Å². The molecule has 1 aromatic heterocycles. The number of nitrogens with zero attached hydrogens (tertiary/aromatic N) is 3. The Labute approximate surface area is 160 Å². The van der Waals surface area contributed by atoms with Gasteiger partial charge in [0.15, 0.2) is 0 Å². The monoisotopic (exact) mass is 370 g/mol. The predicted molar refractivity (Wildman–Crippen MR) is 104 cm³/mol. The highest BCUT2D eigenvalue weighted by Crippen LogP contribution is 2.22. The highest BCUT2D eigenvalue weighted by atomic mass is 19.1. The lowest BCUT2D eigenvalue weighted by Crippen LogP contribution is -2.40. The zero-order valence-corrected chi connectivity index (χ0v) is 15.8. The van der Waals surface area contributed by atoms with Crippen LogP contribution < -0.4 is 5.32 Å². The number of benzene rings is 1.